The van der Waals surface area contributed by atoms with Crippen molar-refractivity contribution in [2.75, 3.05) is 7.11 Å². The average Bonchev–Trinajstić information content (AvgIpc) is 3.16. The number of thiazole rings is 1. The van der Waals surface area contributed by atoms with E-state index in [2.05, 4.69) is 15.1 Å². The van der Waals surface area contributed by atoms with Crippen LogP contribution in [-0.2, 0) is 0 Å². The van der Waals surface area contributed by atoms with Gasteiger partial charge in [0.05, 0.1) is 19.0 Å². The average molecular weight is 302 g/mol. The SMILES string of the molecule is COc1ccc(-n2nc(C(=O)O)cc2-c2nccs2)cn1. The Morgan fingerprint density at radius 2 is 2.24 bits per heavy atom. The molecule has 0 atom stereocenters. The fourth-order valence-corrected chi connectivity index (χ4v) is 2.44. The monoisotopic (exact) mass is 302 g/mol. The van der Waals surface area contributed by atoms with E-state index in [0.717, 1.165) is 0 Å². The maximum atomic E-state index is 11.1. The molecule has 3 heterocycles. The highest BCUT2D eigenvalue weighted by Gasteiger charge is 2.17. The van der Waals surface area contributed by atoms with Crippen LogP contribution in [0.1, 0.15) is 10.5 Å². The van der Waals surface area contributed by atoms with E-state index in [1.807, 2.05) is 5.38 Å². The third kappa shape index (κ3) is 2.48. The lowest BCUT2D eigenvalue weighted by molar-refractivity contribution is 0.0690. The predicted octanol–water partition coefficient (Wildman–Crippen LogP) is 2.10. The number of hydrogen-bond donors (Lipinski definition) is 1. The molecule has 0 aliphatic rings. The fraction of sp³-hybridized carbons (Fsp3) is 0.0769. The lowest BCUT2D eigenvalue weighted by Crippen LogP contribution is -2.03. The number of carboxylic acids is 1. The number of ether oxygens (including phenoxy) is 1. The smallest absolute Gasteiger partial charge is 0.356 e. The summed E-state index contributed by atoms with van der Waals surface area (Å²) >= 11 is 1.41. The number of rotatable bonds is 4. The summed E-state index contributed by atoms with van der Waals surface area (Å²) in [5.41, 5.74) is 1.19. The van der Waals surface area contributed by atoms with Crippen molar-refractivity contribution >= 4 is 17.3 Å². The van der Waals surface area contributed by atoms with Gasteiger partial charge >= 0.3 is 5.97 Å². The van der Waals surface area contributed by atoms with Crippen LogP contribution in [0.25, 0.3) is 16.4 Å². The number of aromatic carboxylic acids is 1. The first-order valence-corrected chi connectivity index (χ1v) is 6.80. The van der Waals surface area contributed by atoms with E-state index in [1.165, 1.54) is 29.2 Å². The number of pyridine rings is 1. The second kappa shape index (κ2) is 5.33. The van der Waals surface area contributed by atoms with E-state index in [9.17, 15) is 4.79 Å². The highest BCUT2D eigenvalue weighted by atomic mass is 32.1. The molecule has 8 heteroatoms. The molecule has 0 aliphatic heterocycles. The second-order valence-electron chi connectivity index (χ2n) is 4.03. The molecular weight excluding hydrogens is 292 g/mol. The molecule has 106 valence electrons. The maximum absolute atomic E-state index is 11.1. The summed E-state index contributed by atoms with van der Waals surface area (Å²) in [6.07, 6.45) is 3.22. The molecule has 0 fully saturated rings. The maximum Gasteiger partial charge on any atom is 0.356 e. The molecule has 3 aromatic heterocycles. The van der Waals surface area contributed by atoms with Crippen LogP contribution >= 0.6 is 11.3 Å². The summed E-state index contributed by atoms with van der Waals surface area (Å²) in [5, 5.41) is 15.7. The van der Waals surface area contributed by atoms with Gasteiger partial charge in [-0.25, -0.2) is 19.4 Å². The van der Waals surface area contributed by atoms with Crippen LogP contribution in [0.5, 0.6) is 5.88 Å². The van der Waals surface area contributed by atoms with Gasteiger partial charge in [-0.05, 0) is 6.07 Å². The van der Waals surface area contributed by atoms with Crippen molar-refractivity contribution in [1.29, 1.82) is 0 Å². The van der Waals surface area contributed by atoms with E-state index in [1.54, 1.807) is 24.5 Å². The van der Waals surface area contributed by atoms with Crippen molar-refractivity contribution in [2.24, 2.45) is 0 Å². The standard InChI is InChI=1S/C13H10N4O3S/c1-20-11-3-2-8(7-15-11)17-10(12-14-4-5-21-12)6-9(16-17)13(18)19/h2-7H,1H3,(H,18,19). The first kappa shape index (κ1) is 13.3. The molecule has 0 bridgehead atoms. The Hall–Kier alpha value is -2.74. The Morgan fingerprint density at radius 3 is 2.81 bits per heavy atom. The molecule has 21 heavy (non-hydrogen) atoms. The van der Waals surface area contributed by atoms with Crippen molar-refractivity contribution in [1.82, 2.24) is 19.7 Å². The van der Waals surface area contributed by atoms with Crippen LogP contribution in [0.15, 0.2) is 36.0 Å². The zero-order valence-corrected chi connectivity index (χ0v) is 11.7. The minimum Gasteiger partial charge on any atom is -0.481 e. The van der Waals surface area contributed by atoms with Gasteiger partial charge in [-0.3, -0.25) is 0 Å². The molecule has 0 saturated heterocycles. The molecule has 1 N–H and O–H groups in total. The third-order valence-electron chi connectivity index (χ3n) is 2.75. The van der Waals surface area contributed by atoms with Gasteiger partial charge < -0.3 is 9.84 Å². The van der Waals surface area contributed by atoms with Crippen molar-refractivity contribution in [2.45, 2.75) is 0 Å². The quantitative estimate of drug-likeness (QED) is 0.793. The lowest BCUT2D eigenvalue weighted by atomic mass is 10.3. The molecule has 3 rings (SSSR count). The minimum absolute atomic E-state index is 0.0454. The molecule has 0 saturated carbocycles. The van der Waals surface area contributed by atoms with Crippen LogP contribution in [0.2, 0.25) is 0 Å². The third-order valence-corrected chi connectivity index (χ3v) is 3.55. The summed E-state index contributed by atoms with van der Waals surface area (Å²) in [6, 6.07) is 4.93. The highest BCUT2D eigenvalue weighted by Crippen LogP contribution is 2.26. The van der Waals surface area contributed by atoms with Crippen LogP contribution in [0.4, 0.5) is 0 Å². The van der Waals surface area contributed by atoms with Crippen molar-refractivity contribution in [3.8, 4) is 22.3 Å². The summed E-state index contributed by atoms with van der Waals surface area (Å²) in [7, 11) is 1.53. The number of nitrogens with zero attached hydrogens (tertiary/aromatic N) is 4. The number of hydrogen-bond acceptors (Lipinski definition) is 6. The topological polar surface area (TPSA) is 90.1 Å². The van der Waals surface area contributed by atoms with Crippen LogP contribution < -0.4 is 4.74 Å². The molecule has 0 amide bonds. The largest absolute Gasteiger partial charge is 0.481 e. The number of carbonyl (C=O) groups is 1. The van der Waals surface area contributed by atoms with E-state index in [-0.39, 0.29) is 5.69 Å². The minimum atomic E-state index is -1.09. The van der Waals surface area contributed by atoms with E-state index in [0.29, 0.717) is 22.3 Å². The number of methoxy groups -OCH3 is 1. The summed E-state index contributed by atoms with van der Waals surface area (Å²) in [5.74, 6) is -0.617. The molecule has 7 nitrogen and oxygen atoms in total. The lowest BCUT2D eigenvalue weighted by Gasteiger charge is -2.05. The summed E-state index contributed by atoms with van der Waals surface area (Å²) < 4.78 is 6.51. The van der Waals surface area contributed by atoms with Gasteiger partial charge in [0.25, 0.3) is 0 Å². The highest BCUT2D eigenvalue weighted by molar-refractivity contribution is 7.13. The van der Waals surface area contributed by atoms with Gasteiger partial charge in [0.1, 0.15) is 10.7 Å². The molecule has 0 radical (unpaired) electrons. The second-order valence-corrected chi connectivity index (χ2v) is 4.92. The van der Waals surface area contributed by atoms with Crippen LogP contribution in [-0.4, -0.2) is 37.9 Å². The van der Waals surface area contributed by atoms with Crippen LogP contribution in [0.3, 0.4) is 0 Å². The molecule has 3 aromatic rings. The van der Waals surface area contributed by atoms with Crippen molar-refractivity contribution in [3.05, 3.63) is 41.7 Å². The molecule has 0 aromatic carbocycles. The van der Waals surface area contributed by atoms with Gasteiger partial charge in [-0.1, -0.05) is 0 Å². The predicted molar refractivity (Wildman–Crippen MR) is 76.0 cm³/mol. The Balaban J connectivity index is 2.13. The molecule has 0 unspecified atom stereocenters. The Labute approximate surface area is 123 Å². The summed E-state index contributed by atoms with van der Waals surface area (Å²) in [6.45, 7) is 0. The van der Waals surface area contributed by atoms with Gasteiger partial charge in [0.2, 0.25) is 5.88 Å². The Bertz CT molecular complexity index is 765. The van der Waals surface area contributed by atoms with Crippen molar-refractivity contribution in [3.63, 3.8) is 0 Å². The molecular formula is C13H10N4O3S. The Morgan fingerprint density at radius 1 is 1.38 bits per heavy atom. The van der Waals surface area contributed by atoms with E-state index < -0.39 is 5.97 Å². The molecule has 0 aliphatic carbocycles. The van der Waals surface area contributed by atoms with Gasteiger partial charge in [-0.15, -0.1) is 11.3 Å². The zero-order valence-electron chi connectivity index (χ0n) is 10.9. The first-order valence-electron chi connectivity index (χ1n) is 5.92. The fourth-order valence-electron chi connectivity index (χ4n) is 1.80. The number of aromatic nitrogens is 4. The normalized spacial score (nSPS) is 10.5. The van der Waals surface area contributed by atoms with Crippen molar-refractivity contribution < 1.29 is 14.6 Å². The number of carboxylic acid groups (broad SMARTS) is 1. The summed E-state index contributed by atoms with van der Waals surface area (Å²) in [4.78, 5) is 19.4. The Kier molecular flexibility index (Phi) is 3.36. The van der Waals surface area contributed by atoms with E-state index in [4.69, 9.17) is 9.84 Å². The molecule has 0 spiro atoms. The van der Waals surface area contributed by atoms with Crippen LogP contribution in [0, 0.1) is 0 Å². The zero-order chi connectivity index (χ0) is 14.8. The van der Waals surface area contributed by atoms with E-state index >= 15 is 0 Å². The van der Waals surface area contributed by atoms with Gasteiger partial charge in [-0.2, -0.15) is 5.10 Å². The van der Waals surface area contributed by atoms with Gasteiger partial charge in [0.15, 0.2) is 5.69 Å². The first-order chi connectivity index (χ1) is 10.2. The van der Waals surface area contributed by atoms with Gasteiger partial charge in [0, 0.05) is 23.7 Å².